The van der Waals surface area contributed by atoms with Crippen molar-refractivity contribution < 1.29 is 9.53 Å². The lowest BCUT2D eigenvalue weighted by molar-refractivity contribution is -0.120. The molecule has 1 heterocycles. The predicted molar refractivity (Wildman–Crippen MR) is 98.9 cm³/mol. The second kappa shape index (κ2) is 8.19. The molecule has 0 unspecified atom stereocenters. The summed E-state index contributed by atoms with van der Waals surface area (Å²) in [5.41, 5.74) is 3.95. The van der Waals surface area contributed by atoms with Gasteiger partial charge in [0.2, 0.25) is 5.91 Å². The van der Waals surface area contributed by atoms with Gasteiger partial charge in [0.25, 0.3) is 0 Å². The molecular formula is C20H27N3O2. The monoisotopic (exact) mass is 341 g/mol. The Morgan fingerprint density at radius 1 is 1.20 bits per heavy atom. The first-order valence-corrected chi connectivity index (χ1v) is 9.15. The molecule has 25 heavy (non-hydrogen) atoms. The van der Waals surface area contributed by atoms with Crippen molar-refractivity contribution in [2.75, 3.05) is 12.4 Å². The molecule has 1 aromatic heterocycles. The maximum atomic E-state index is 12.5. The smallest absolute Gasteiger partial charge is 0.227 e. The summed E-state index contributed by atoms with van der Waals surface area (Å²) in [6.45, 7) is 1.96. The Morgan fingerprint density at radius 2 is 1.92 bits per heavy atom. The van der Waals surface area contributed by atoms with Gasteiger partial charge in [-0.15, -0.1) is 0 Å². The summed E-state index contributed by atoms with van der Waals surface area (Å²) in [4.78, 5) is 12.5. The minimum Gasteiger partial charge on any atom is -0.497 e. The normalized spacial score (nSPS) is 15.1. The van der Waals surface area contributed by atoms with Crippen LogP contribution in [-0.2, 0) is 17.6 Å². The number of benzene rings is 1. The third-order valence-electron chi connectivity index (χ3n) is 5.06. The van der Waals surface area contributed by atoms with Crippen LogP contribution in [0.4, 0.5) is 5.69 Å². The molecule has 0 aliphatic heterocycles. The highest BCUT2D eigenvalue weighted by atomic mass is 16.5. The van der Waals surface area contributed by atoms with E-state index in [-0.39, 0.29) is 11.8 Å². The molecule has 2 aromatic rings. The van der Waals surface area contributed by atoms with Crippen molar-refractivity contribution >= 4 is 11.6 Å². The fourth-order valence-corrected chi connectivity index (χ4v) is 3.47. The Labute approximate surface area is 149 Å². The van der Waals surface area contributed by atoms with Crippen molar-refractivity contribution in [2.45, 2.75) is 51.9 Å². The van der Waals surface area contributed by atoms with Crippen molar-refractivity contribution in [1.82, 2.24) is 10.2 Å². The summed E-state index contributed by atoms with van der Waals surface area (Å²) in [5, 5.41) is 10.5. The van der Waals surface area contributed by atoms with Crippen LogP contribution in [0.1, 0.15) is 49.1 Å². The number of rotatable bonds is 6. The second-order valence-corrected chi connectivity index (χ2v) is 6.84. The number of aromatic nitrogens is 2. The highest BCUT2D eigenvalue weighted by molar-refractivity contribution is 5.93. The first kappa shape index (κ1) is 17.5. The number of aromatic amines is 1. The zero-order valence-electron chi connectivity index (χ0n) is 15.1. The van der Waals surface area contributed by atoms with E-state index in [0.717, 1.165) is 61.3 Å². The molecule has 1 fully saturated rings. The number of carbonyl (C=O) groups excluding carboxylic acids is 1. The van der Waals surface area contributed by atoms with Crippen LogP contribution in [0, 0.1) is 12.8 Å². The van der Waals surface area contributed by atoms with Gasteiger partial charge in [0.1, 0.15) is 5.75 Å². The van der Waals surface area contributed by atoms with Crippen molar-refractivity contribution in [1.29, 1.82) is 0 Å². The number of carbonyl (C=O) groups is 1. The van der Waals surface area contributed by atoms with Crippen LogP contribution >= 0.6 is 0 Å². The van der Waals surface area contributed by atoms with Gasteiger partial charge in [0.05, 0.1) is 24.2 Å². The van der Waals surface area contributed by atoms with Crippen LogP contribution < -0.4 is 10.1 Å². The summed E-state index contributed by atoms with van der Waals surface area (Å²) in [6.07, 6.45) is 7.24. The summed E-state index contributed by atoms with van der Waals surface area (Å²) in [7, 11) is 1.67. The van der Waals surface area contributed by atoms with Crippen LogP contribution in [0.15, 0.2) is 24.3 Å². The van der Waals surface area contributed by atoms with Gasteiger partial charge in [-0.2, -0.15) is 5.10 Å². The number of nitrogens with one attached hydrogen (secondary N) is 2. The summed E-state index contributed by atoms with van der Waals surface area (Å²) < 4.78 is 5.19. The zero-order chi connectivity index (χ0) is 17.6. The predicted octanol–water partition coefficient (Wildman–Crippen LogP) is 4.03. The zero-order valence-corrected chi connectivity index (χ0v) is 15.1. The Kier molecular flexibility index (Phi) is 5.74. The highest BCUT2D eigenvalue weighted by Crippen LogP contribution is 2.27. The van der Waals surface area contributed by atoms with Crippen molar-refractivity contribution in [2.24, 2.45) is 5.92 Å². The number of hydrogen-bond donors (Lipinski definition) is 2. The number of ether oxygens (including phenoxy) is 1. The van der Waals surface area contributed by atoms with Gasteiger partial charge < -0.3 is 10.1 Å². The number of H-pyrrole nitrogens is 1. The molecule has 0 radical (unpaired) electrons. The molecule has 2 N–H and O–H groups in total. The largest absolute Gasteiger partial charge is 0.497 e. The molecule has 0 bridgehead atoms. The molecule has 1 aliphatic rings. The van der Waals surface area contributed by atoms with Gasteiger partial charge in [0, 0.05) is 5.92 Å². The number of amides is 1. The third-order valence-corrected chi connectivity index (χ3v) is 5.06. The molecule has 0 saturated heterocycles. The maximum absolute atomic E-state index is 12.5. The Morgan fingerprint density at radius 3 is 2.60 bits per heavy atom. The first-order chi connectivity index (χ1) is 12.2. The quantitative estimate of drug-likeness (QED) is 0.833. The molecule has 1 aliphatic carbocycles. The third kappa shape index (κ3) is 4.41. The van der Waals surface area contributed by atoms with E-state index in [0.29, 0.717) is 0 Å². The molecule has 5 heteroatoms. The maximum Gasteiger partial charge on any atom is 0.227 e. The molecule has 1 amide bonds. The fraction of sp³-hybridized carbons (Fsp3) is 0.500. The van der Waals surface area contributed by atoms with Crippen LogP contribution in [-0.4, -0.2) is 23.2 Å². The average molecular weight is 341 g/mol. The number of anilines is 1. The Bertz CT molecular complexity index is 700. The van der Waals surface area contributed by atoms with E-state index in [1.807, 2.05) is 19.1 Å². The molecule has 1 saturated carbocycles. The van der Waals surface area contributed by atoms with Gasteiger partial charge in [-0.05, 0) is 50.3 Å². The number of hydrogen-bond acceptors (Lipinski definition) is 3. The molecular weight excluding hydrogens is 314 g/mol. The second-order valence-electron chi connectivity index (χ2n) is 6.84. The van der Waals surface area contributed by atoms with Crippen LogP contribution in [0.5, 0.6) is 5.75 Å². The Hall–Kier alpha value is -2.30. The number of methoxy groups -OCH3 is 1. The number of nitrogens with zero attached hydrogens (tertiary/aromatic N) is 1. The van der Waals surface area contributed by atoms with Crippen molar-refractivity contribution in [3.05, 3.63) is 41.2 Å². The fourth-order valence-electron chi connectivity index (χ4n) is 3.47. The molecule has 1 aromatic carbocycles. The van der Waals surface area contributed by atoms with E-state index < -0.39 is 0 Å². The van der Waals surface area contributed by atoms with Crippen LogP contribution in [0.2, 0.25) is 0 Å². The van der Waals surface area contributed by atoms with Crippen LogP contribution in [0.25, 0.3) is 0 Å². The van der Waals surface area contributed by atoms with Gasteiger partial charge in [-0.3, -0.25) is 9.89 Å². The van der Waals surface area contributed by atoms with E-state index in [4.69, 9.17) is 4.74 Å². The van der Waals surface area contributed by atoms with E-state index in [1.165, 1.54) is 12.0 Å². The van der Waals surface area contributed by atoms with Gasteiger partial charge in [0.15, 0.2) is 0 Å². The van der Waals surface area contributed by atoms with E-state index in [1.54, 1.807) is 7.11 Å². The van der Waals surface area contributed by atoms with Crippen molar-refractivity contribution in [3.8, 4) is 5.75 Å². The molecule has 0 spiro atoms. The lowest BCUT2D eigenvalue weighted by Crippen LogP contribution is -2.25. The van der Waals surface area contributed by atoms with Gasteiger partial charge >= 0.3 is 0 Å². The standard InChI is InChI=1S/C20H27N3O2/c1-14-19(21-20(24)16-6-4-3-5-7-16)18(23-22-14)13-10-15-8-11-17(25-2)12-9-15/h8-9,11-12,16H,3-7,10,13H2,1-2H3,(H,21,24)(H,22,23). The summed E-state index contributed by atoms with van der Waals surface area (Å²) in [6, 6.07) is 8.07. The molecule has 3 rings (SSSR count). The number of aryl methyl sites for hydroxylation is 3. The minimum absolute atomic E-state index is 0.148. The van der Waals surface area contributed by atoms with E-state index in [2.05, 4.69) is 27.6 Å². The molecule has 0 atom stereocenters. The Balaban J connectivity index is 1.63. The van der Waals surface area contributed by atoms with Crippen molar-refractivity contribution in [3.63, 3.8) is 0 Å². The van der Waals surface area contributed by atoms with Gasteiger partial charge in [-0.1, -0.05) is 31.4 Å². The summed E-state index contributed by atoms with van der Waals surface area (Å²) >= 11 is 0. The SMILES string of the molecule is COc1ccc(CCc2n[nH]c(C)c2NC(=O)C2CCCCC2)cc1. The average Bonchev–Trinajstić information content (AvgIpc) is 3.01. The first-order valence-electron chi connectivity index (χ1n) is 9.15. The lowest BCUT2D eigenvalue weighted by Gasteiger charge is -2.20. The molecule has 5 nitrogen and oxygen atoms in total. The lowest BCUT2D eigenvalue weighted by atomic mass is 9.88. The van der Waals surface area contributed by atoms with Gasteiger partial charge in [-0.25, -0.2) is 0 Å². The van der Waals surface area contributed by atoms with E-state index in [9.17, 15) is 4.79 Å². The molecule has 134 valence electrons. The summed E-state index contributed by atoms with van der Waals surface area (Å²) in [5.74, 6) is 1.16. The van der Waals surface area contributed by atoms with Crippen LogP contribution in [0.3, 0.4) is 0 Å². The minimum atomic E-state index is 0.148. The van der Waals surface area contributed by atoms with E-state index >= 15 is 0 Å². The highest BCUT2D eigenvalue weighted by Gasteiger charge is 2.23. The topological polar surface area (TPSA) is 67.0 Å².